The van der Waals surface area contributed by atoms with Crippen LogP contribution in [0.4, 0.5) is 0 Å². The highest BCUT2D eigenvalue weighted by Crippen LogP contribution is 2.37. The third-order valence-corrected chi connectivity index (χ3v) is 6.38. The molecular weight excluding hydrogens is 324 g/mol. The van der Waals surface area contributed by atoms with Gasteiger partial charge < -0.3 is 4.74 Å². The zero-order valence-electron chi connectivity index (χ0n) is 14.2. The van der Waals surface area contributed by atoms with E-state index in [1.807, 2.05) is 32.0 Å². The summed E-state index contributed by atoms with van der Waals surface area (Å²) in [6, 6.07) is 8.82. The average molecular weight is 346 g/mol. The van der Waals surface area contributed by atoms with Crippen molar-refractivity contribution in [1.29, 1.82) is 0 Å². The molecule has 6 heteroatoms. The molecule has 0 aliphatic carbocycles. The van der Waals surface area contributed by atoms with Crippen molar-refractivity contribution in [3.05, 3.63) is 53.2 Å². The van der Waals surface area contributed by atoms with Crippen molar-refractivity contribution < 1.29 is 13.2 Å². The molecular formula is C18H22N2O3S. The zero-order valence-corrected chi connectivity index (χ0v) is 15.0. The number of aromatic nitrogens is 1. The van der Waals surface area contributed by atoms with Crippen LogP contribution in [0.3, 0.4) is 0 Å². The maximum absolute atomic E-state index is 13.0. The SMILES string of the molecule is COc1ncc([C@H]2CCCN2S(=O)(=O)c2ccc(C)cc2)cc1C. The fourth-order valence-electron chi connectivity index (χ4n) is 3.19. The van der Waals surface area contributed by atoms with Gasteiger partial charge in [-0.15, -0.1) is 0 Å². The summed E-state index contributed by atoms with van der Waals surface area (Å²) in [5, 5.41) is 0. The second-order valence-corrected chi connectivity index (χ2v) is 8.07. The van der Waals surface area contributed by atoms with Crippen molar-refractivity contribution in [2.45, 2.75) is 37.6 Å². The summed E-state index contributed by atoms with van der Waals surface area (Å²) in [6.07, 6.45) is 3.37. The third kappa shape index (κ3) is 3.03. The molecule has 5 nitrogen and oxygen atoms in total. The number of aryl methyl sites for hydroxylation is 2. The molecule has 1 fully saturated rings. The van der Waals surface area contributed by atoms with E-state index in [0.717, 1.165) is 29.5 Å². The minimum atomic E-state index is -3.51. The van der Waals surface area contributed by atoms with Gasteiger partial charge in [-0.2, -0.15) is 4.31 Å². The predicted molar refractivity (Wildman–Crippen MR) is 92.6 cm³/mol. The Morgan fingerprint density at radius 3 is 2.54 bits per heavy atom. The van der Waals surface area contributed by atoms with E-state index in [2.05, 4.69) is 4.98 Å². The van der Waals surface area contributed by atoms with Crippen LogP contribution < -0.4 is 4.74 Å². The van der Waals surface area contributed by atoms with Gasteiger partial charge in [-0.3, -0.25) is 0 Å². The summed E-state index contributed by atoms with van der Waals surface area (Å²) < 4.78 is 32.8. The van der Waals surface area contributed by atoms with E-state index in [-0.39, 0.29) is 6.04 Å². The molecule has 1 aliphatic rings. The zero-order chi connectivity index (χ0) is 17.3. The molecule has 1 aromatic heterocycles. The lowest BCUT2D eigenvalue weighted by Gasteiger charge is -2.24. The average Bonchev–Trinajstić information content (AvgIpc) is 3.05. The Balaban J connectivity index is 1.95. The Morgan fingerprint density at radius 2 is 1.92 bits per heavy atom. The number of hydrogen-bond donors (Lipinski definition) is 0. The molecule has 3 rings (SSSR count). The highest BCUT2D eigenvalue weighted by molar-refractivity contribution is 7.89. The van der Waals surface area contributed by atoms with Crippen LogP contribution in [0, 0.1) is 13.8 Å². The van der Waals surface area contributed by atoms with Gasteiger partial charge in [0.1, 0.15) is 0 Å². The molecule has 1 atom stereocenters. The molecule has 0 bridgehead atoms. The molecule has 0 spiro atoms. The van der Waals surface area contributed by atoms with Gasteiger partial charge in [-0.1, -0.05) is 17.7 Å². The van der Waals surface area contributed by atoms with Crippen molar-refractivity contribution >= 4 is 10.0 Å². The predicted octanol–water partition coefficient (Wildman–Crippen LogP) is 3.23. The Kier molecular flexibility index (Phi) is 4.60. The number of sulfonamides is 1. The molecule has 24 heavy (non-hydrogen) atoms. The van der Waals surface area contributed by atoms with Crippen molar-refractivity contribution in [3.8, 4) is 5.88 Å². The van der Waals surface area contributed by atoms with Crippen molar-refractivity contribution in [2.75, 3.05) is 13.7 Å². The van der Waals surface area contributed by atoms with E-state index in [4.69, 9.17) is 4.74 Å². The van der Waals surface area contributed by atoms with Crippen LogP contribution in [0.15, 0.2) is 41.4 Å². The van der Waals surface area contributed by atoms with Gasteiger partial charge in [0.05, 0.1) is 18.0 Å². The first kappa shape index (κ1) is 16.9. The fourth-order valence-corrected chi connectivity index (χ4v) is 4.87. The maximum Gasteiger partial charge on any atom is 0.243 e. The molecule has 0 N–H and O–H groups in total. The lowest BCUT2D eigenvalue weighted by atomic mass is 10.1. The monoisotopic (exact) mass is 346 g/mol. The minimum Gasteiger partial charge on any atom is -0.481 e. The summed E-state index contributed by atoms with van der Waals surface area (Å²) in [4.78, 5) is 4.64. The number of benzene rings is 1. The van der Waals surface area contributed by atoms with E-state index < -0.39 is 10.0 Å². The van der Waals surface area contributed by atoms with Crippen LogP contribution in [0.2, 0.25) is 0 Å². The number of nitrogens with zero attached hydrogens (tertiary/aromatic N) is 2. The largest absolute Gasteiger partial charge is 0.481 e. The molecule has 0 saturated carbocycles. The van der Waals surface area contributed by atoms with Crippen LogP contribution in [-0.4, -0.2) is 31.4 Å². The highest BCUT2D eigenvalue weighted by atomic mass is 32.2. The second-order valence-electron chi connectivity index (χ2n) is 6.18. The maximum atomic E-state index is 13.0. The Hall–Kier alpha value is -1.92. The molecule has 0 radical (unpaired) electrons. The smallest absolute Gasteiger partial charge is 0.243 e. The van der Waals surface area contributed by atoms with Crippen LogP contribution >= 0.6 is 0 Å². The molecule has 1 saturated heterocycles. The third-order valence-electron chi connectivity index (χ3n) is 4.46. The van der Waals surface area contributed by atoms with E-state index in [1.165, 1.54) is 0 Å². The minimum absolute atomic E-state index is 0.173. The Morgan fingerprint density at radius 1 is 1.21 bits per heavy atom. The van der Waals surface area contributed by atoms with E-state index in [1.54, 1.807) is 29.7 Å². The summed E-state index contributed by atoms with van der Waals surface area (Å²) in [6.45, 7) is 4.40. The van der Waals surface area contributed by atoms with Gasteiger partial charge in [0.25, 0.3) is 0 Å². The fraction of sp³-hybridized carbons (Fsp3) is 0.389. The van der Waals surface area contributed by atoms with Gasteiger partial charge in [-0.25, -0.2) is 13.4 Å². The topological polar surface area (TPSA) is 59.5 Å². The van der Waals surface area contributed by atoms with E-state index >= 15 is 0 Å². The Labute approximate surface area is 143 Å². The standard InChI is InChI=1S/C18H22N2O3S/c1-13-6-8-16(9-7-13)24(21,22)20-10-4-5-17(20)15-11-14(2)18(23-3)19-12-15/h6-9,11-12,17H,4-5,10H2,1-3H3/t17-/m1/s1. The quantitative estimate of drug-likeness (QED) is 0.853. The second kappa shape index (κ2) is 6.53. The van der Waals surface area contributed by atoms with Gasteiger partial charge in [0, 0.05) is 18.3 Å². The Bertz CT molecular complexity index is 832. The number of hydrogen-bond acceptors (Lipinski definition) is 4. The van der Waals surface area contributed by atoms with Crippen molar-refractivity contribution in [1.82, 2.24) is 9.29 Å². The molecule has 1 aliphatic heterocycles. The van der Waals surface area contributed by atoms with Crippen LogP contribution in [0.5, 0.6) is 5.88 Å². The highest BCUT2D eigenvalue weighted by Gasteiger charge is 2.36. The van der Waals surface area contributed by atoms with E-state index in [0.29, 0.717) is 17.3 Å². The van der Waals surface area contributed by atoms with Gasteiger partial charge in [0.15, 0.2) is 0 Å². The molecule has 2 heterocycles. The first-order valence-corrected chi connectivity index (χ1v) is 9.46. The van der Waals surface area contributed by atoms with Crippen LogP contribution in [-0.2, 0) is 10.0 Å². The van der Waals surface area contributed by atoms with Crippen molar-refractivity contribution in [3.63, 3.8) is 0 Å². The normalized spacial score (nSPS) is 18.7. The number of ether oxygens (including phenoxy) is 1. The number of rotatable bonds is 4. The summed E-state index contributed by atoms with van der Waals surface area (Å²) >= 11 is 0. The van der Waals surface area contributed by atoms with Crippen molar-refractivity contribution in [2.24, 2.45) is 0 Å². The molecule has 1 aromatic carbocycles. The lowest BCUT2D eigenvalue weighted by molar-refractivity contribution is 0.385. The van der Waals surface area contributed by atoms with Gasteiger partial charge in [0.2, 0.25) is 15.9 Å². The number of methoxy groups -OCH3 is 1. The lowest BCUT2D eigenvalue weighted by Crippen LogP contribution is -2.30. The first-order chi connectivity index (χ1) is 11.4. The summed E-state index contributed by atoms with van der Waals surface area (Å²) in [5.74, 6) is 0.574. The summed E-state index contributed by atoms with van der Waals surface area (Å²) in [5.41, 5.74) is 2.87. The van der Waals surface area contributed by atoms with Gasteiger partial charge in [-0.05, 0) is 50.5 Å². The molecule has 128 valence electrons. The summed E-state index contributed by atoms with van der Waals surface area (Å²) in [7, 11) is -1.92. The molecule has 0 unspecified atom stereocenters. The first-order valence-electron chi connectivity index (χ1n) is 8.02. The molecule has 2 aromatic rings. The number of pyridine rings is 1. The van der Waals surface area contributed by atoms with E-state index in [9.17, 15) is 8.42 Å². The van der Waals surface area contributed by atoms with Crippen LogP contribution in [0.25, 0.3) is 0 Å². The van der Waals surface area contributed by atoms with Crippen LogP contribution in [0.1, 0.15) is 35.6 Å². The van der Waals surface area contributed by atoms with Gasteiger partial charge >= 0.3 is 0 Å². The molecule has 0 amide bonds.